The van der Waals surface area contributed by atoms with Crippen LogP contribution >= 0.6 is 24.8 Å². The Hall–Kier alpha value is -1.41. The largest absolute Gasteiger partial charge is 0.383 e. The van der Waals surface area contributed by atoms with Gasteiger partial charge in [0.1, 0.15) is 0 Å². The summed E-state index contributed by atoms with van der Waals surface area (Å²) in [5.74, 6) is -0.109. The maximum Gasteiger partial charge on any atom is 0.253 e. The summed E-state index contributed by atoms with van der Waals surface area (Å²) in [5.41, 5.74) is 2.12. The number of halogens is 2. The minimum atomic E-state index is -0.109. The van der Waals surface area contributed by atoms with Crippen LogP contribution in [0.3, 0.4) is 0 Å². The van der Waals surface area contributed by atoms with Crippen LogP contribution in [0.2, 0.25) is 0 Å². The first-order valence-electron chi connectivity index (χ1n) is 7.87. The number of hydrogen-bond acceptors (Lipinski definition) is 5. The van der Waals surface area contributed by atoms with Crippen LogP contribution in [0, 0.1) is 6.92 Å². The number of carbonyl (C=O) groups is 1. The van der Waals surface area contributed by atoms with E-state index < -0.39 is 0 Å². The number of fused-ring (bicyclic) bond motifs is 1. The zero-order valence-electron chi connectivity index (χ0n) is 15.0. The van der Waals surface area contributed by atoms with Gasteiger partial charge in [0.2, 0.25) is 0 Å². The Balaban J connectivity index is 0.00000288. The molecule has 7 nitrogen and oxygen atoms in total. The van der Waals surface area contributed by atoms with Gasteiger partial charge in [-0.05, 0) is 26.8 Å². The molecule has 2 heterocycles. The van der Waals surface area contributed by atoms with E-state index in [0.29, 0.717) is 31.0 Å². The Morgan fingerprint density at radius 1 is 1.28 bits per heavy atom. The quantitative estimate of drug-likeness (QED) is 0.673. The van der Waals surface area contributed by atoms with E-state index in [9.17, 15) is 4.79 Å². The summed E-state index contributed by atoms with van der Waals surface area (Å²) >= 11 is 0. The number of amides is 1. The third-order valence-electron chi connectivity index (χ3n) is 3.56. The SMILES string of the molecule is COCCNCCNC(=O)c1cc2cnn(C(C)C)c2nc1C.Cl.Cl. The fourth-order valence-corrected chi connectivity index (χ4v) is 2.33. The van der Waals surface area contributed by atoms with Crippen LogP contribution in [-0.2, 0) is 4.74 Å². The van der Waals surface area contributed by atoms with Crippen molar-refractivity contribution in [2.24, 2.45) is 0 Å². The van der Waals surface area contributed by atoms with Gasteiger partial charge in [0.15, 0.2) is 5.65 Å². The van der Waals surface area contributed by atoms with Gasteiger partial charge in [-0.15, -0.1) is 24.8 Å². The number of carbonyl (C=O) groups excluding carboxylic acids is 1. The second-order valence-electron chi connectivity index (χ2n) is 5.72. The van der Waals surface area contributed by atoms with Crippen molar-refractivity contribution < 1.29 is 9.53 Å². The number of nitrogens with zero attached hydrogens (tertiary/aromatic N) is 3. The van der Waals surface area contributed by atoms with Crippen molar-refractivity contribution in [3.8, 4) is 0 Å². The zero-order valence-corrected chi connectivity index (χ0v) is 16.7. The number of rotatable bonds is 8. The predicted octanol–water partition coefficient (Wildman–Crippen LogP) is 2.13. The van der Waals surface area contributed by atoms with Crippen molar-refractivity contribution in [1.82, 2.24) is 25.4 Å². The molecular formula is C16H27Cl2N5O2. The molecule has 0 aliphatic heterocycles. The molecular weight excluding hydrogens is 365 g/mol. The van der Waals surface area contributed by atoms with Crippen molar-refractivity contribution in [2.75, 3.05) is 33.4 Å². The molecule has 0 unspecified atom stereocenters. The highest BCUT2D eigenvalue weighted by Gasteiger charge is 2.14. The fourth-order valence-electron chi connectivity index (χ4n) is 2.33. The maximum absolute atomic E-state index is 12.3. The van der Waals surface area contributed by atoms with Crippen LogP contribution in [0.1, 0.15) is 35.9 Å². The Morgan fingerprint density at radius 3 is 2.64 bits per heavy atom. The second-order valence-corrected chi connectivity index (χ2v) is 5.72. The monoisotopic (exact) mass is 391 g/mol. The Labute approximate surface area is 160 Å². The van der Waals surface area contributed by atoms with Gasteiger partial charge in [0.25, 0.3) is 5.91 Å². The average Bonchev–Trinajstić information content (AvgIpc) is 2.92. The molecule has 0 radical (unpaired) electrons. The number of hydrogen-bond donors (Lipinski definition) is 2. The van der Waals surface area contributed by atoms with Crippen molar-refractivity contribution in [3.63, 3.8) is 0 Å². The molecule has 0 saturated carbocycles. The van der Waals surface area contributed by atoms with Gasteiger partial charge in [-0.25, -0.2) is 9.67 Å². The standard InChI is InChI=1S/C16H25N5O2.2ClH/c1-11(2)21-15-13(10-19-21)9-14(12(3)20-15)16(22)18-6-5-17-7-8-23-4;;/h9-11,17H,5-8H2,1-4H3,(H,18,22);2*1H. The van der Waals surface area contributed by atoms with E-state index in [-0.39, 0.29) is 36.8 Å². The highest BCUT2D eigenvalue weighted by molar-refractivity contribution is 5.98. The molecule has 2 aromatic rings. The van der Waals surface area contributed by atoms with Crippen molar-refractivity contribution in [2.45, 2.75) is 26.8 Å². The third-order valence-corrected chi connectivity index (χ3v) is 3.56. The molecule has 0 fully saturated rings. The lowest BCUT2D eigenvalue weighted by Crippen LogP contribution is -2.33. The lowest BCUT2D eigenvalue weighted by Gasteiger charge is -2.10. The van der Waals surface area contributed by atoms with E-state index in [1.807, 2.05) is 17.7 Å². The van der Waals surface area contributed by atoms with E-state index in [1.54, 1.807) is 13.3 Å². The number of aromatic nitrogens is 3. The first-order chi connectivity index (χ1) is 11.0. The van der Waals surface area contributed by atoms with Gasteiger partial charge >= 0.3 is 0 Å². The number of ether oxygens (including phenoxy) is 1. The minimum absolute atomic E-state index is 0. The third kappa shape index (κ3) is 6.11. The molecule has 0 aromatic carbocycles. The van der Waals surface area contributed by atoms with E-state index in [4.69, 9.17) is 4.74 Å². The molecule has 0 atom stereocenters. The molecule has 0 bridgehead atoms. The normalized spacial score (nSPS) is 10.4. The summed E-state index contributed by atoms with van der Waals surface area (Å²) in [7, 11) is 1.66. The number of aryl methyl sites for hydroxylation is 1. The first kappa shape index (κ1) is 23.6. The Morgan fingerprint density at radius 2 is 2.00 bits per heavy atom. The molecule has 0 spiro atoms. The summed E-state index contributed by atoms with van der Waals surface area (Å²) in [6.07, 6.45) is 1.75. The number of pyridine rings is 1. The first-order valence-corrected chi connectivity index (χ1v) is 7.87. The summed E-state index contributed by atoms with van der Waals surface area (Å²) in [6.45, 7) is 8.66. The van der Waals surface area contributed by atoms with E-state index in [0.717, 1.165) is 17.6 Å². The van der Waals surface area contributed by atoms with Crippen LogP contribution < -0.4 is 10.6 Å². The molecule has 2 N–H and O–H groups in total. The van der Waals surface area contributed by atoms with Gasteiger partial charge < -0.3 is 15.4 Å². The van der Waals surface area contributed by atoms with Crippen LogP contribution in [0.15, 0.2) is 12.3 Å². The Bertz CT molecular complexity index is 676. The maximum atomic E-state index is 12.3. The van der Waals surface area contributed by atoms with Gasteiger partial charge in [-0.2, -0.15) is 5.10 Å². The van der Waals surface area contributed by atoms with Crippen molar-refractivity contribution in [3.05, 3.63) is 23.5 Å². The van der Waals surface area contributed by atoms with E-state index >= 15 is 0 Å². The minimum Gasteiger partial charge on any atom is -0.383 e. The molecule has 0 aliphatic carbocycles. The molecule has 9 heteroatoms. The lowest BCUT2D eigenvalue weighted by atomic mass is 10.1. The molecule has 2 rings (SSSR count). The fraction of sp³-hybridized carbons (Fsp3) is 0.562. The number of nitrogens with one attached hydrogen (secondary N) is 2. The highest BCUT2D eigenvalue weighted by Crippen LogP contribution is 2.19. The van der Waals surface area contributed by atoms with Gasteiger partial charge in [-0.1, -0.05) is 0 Å². The summed E-state index contributed by atoms with van der Waals surface area (Å²) in [6, 6.07) is 2.09. The topological polar surface area (TPSA) is 81.1 Å². The second kappa shape index (κ2) is 11.3. The predicted molar refractivity (Wildman–Crippen MR) is 104 cm³/mol. The van der Waals surface area contributed by atoms with Crippen LogP contribution in [0.4, 0.5) is 0 Å². The van der Waals surface area contributed by atoms with E-state index in [1.165, 1.54) is 0 Å². The van der Waals surface area contributed by atoms with Gasteiger partial charge in [0.05, 0.1) is 24.1 Å². The van der Waals surface area contributed by atoms with Gasteiger partial charge in [0, 0.05) is 38.2 Å². The van der Waals surface area contributed by atoms with E-state index in [2.05, 4.69) is 34.6 Å². The molecule has 2 aromatic heterocycles. The molecule has 0 aliphatic rings. The molecule has 142 valence electrons. The Kier molecular flexibility index (Phi) is 10.6. The zero-order chi connectivity index (χ0) is 16.8. The molecule has 25 heavy (non-hydrogen) atoms. The smallest absolute Gasteiger partial charge is 0.253 e. The van der Waals surface area contributed by atoms with Gasteiger partial charge in [-0.3, -0.25) is 4.79 Å². The summed E-state index contributed by atoms with van der Waals surface area (Å²) in [4.78, 5) is 16.9. The number of methoxy groups -OCH3 is 1. The van der Waals surface area contributed by atoms with Crippen LogP contribution in [0.25, 0.3) is 11.0 Å². The summed E-state index contributed by atoms with van der Waals surface area (Å²) < 4.78 is 6.81. The highest BCUT2D eigenvalue weighted by atomic mass is 35.5. The summed E-state index contributed by atoms with van der Waals surface area (Å²) in [5, 5.41) is 11.3. The molecule has 1 amide bonds. The molecule has 0 saturated heterocycles. The average molecular weight is 392 g/mol. The van der Waals surface area contributed by atoms with Crippen LogP contribution in [0.5, 0.6) is 0 Å². The van der Waals surface area contributed by atoms with Crippen molar-refractivity contribution >= 4 is 41.8 Å². The van der Waals surface area contributed by atoms with Crippen LogP contribution in [-0.4, -0.2) is 54.0 Å². The lowest BCUT2D eigenvalue weighted by molar-refractivity contribution is 0.0953. The van der Waals surface area contributed by atoms with Crippen molar-refractivity contribution in [1.29, 1.82) is 0 Å².